The van der Waals surface area contributed by atoms with E-state index in [-0.39, 0.29) is 4.34 Å². The maximum Gasteiger partial charge on any atom is 0.232 e. The molecule has 1 heterocycles. The molecule has 18 heavy (non-hydrogen) atoms. The van der Waals surface area contributed by atoms with E-state index in [2.05, 4.69) is 26.1 Å². The van der Waals surface area contributed by atoms with Crippen molar-refractivity contribution in [2.45, 2.75) is 17.2 Å². The Kier molecular flexibility index (Phi) is 4.14. The molecule has 1 aromatic carbocycles. The van der Waals surface area contributed by atoms with Gasteiger partial charge in [-0.15, -0.1) is 10.2 Å². The Morgan fingerprint density at radius 2 is 1.83 bits per heavy atom. The minimum atomic E-state index is -3.23. The summed E-state index contributed by atoms with van der Waals surface area (Å²) in [4.78, 5) is 0. The van der Waals surface area contributed by atoms with Crippen LogP contribution in [0.1, 0.15) is 10.6 Å². The van der Waals surface area contributed by atoms with Crippen LogP contribution in [0, 0.1) is 0 Å². The van der Waals surface area contributed by atoms with Crippen LogP contribution >= 0.6 is 27.3 Å². The van der Waals surface area contributed by atoms with E-state index >= 15 is 0 Å². The number of rotatable bonds is 4. The van der Waals surface area contributed by atoms with Gasteiger partial charge >= 0.3 is 0 Å². The Morgan fingerprint density at radius 1 is 1.17 bits per heavy atom. The summed E-state index contributed by atoms with van der Waals surface area (Å²) in [6, 6.07) is 8.03. The highest BCUT2D eigenvalue weighted by Gasteiger charge is 2.13. The van der Waals surface area contributed by atoms with Gasteiger partial charge in [-0.2, -0.15) is 0 Å². The number of sulfone groups is 1. The van der Waals surface area contributed by atoms with Gasteiger partial charge in [-0.3, -0.25) is 0 Å². The molecule has 0 saturated carbocycles. The largest absolute Gasteiger partial charge is 0.232 e. The van der Waals surface area contributed by atoms with Crippen molar-refractivity contribution in [3.63, 3.8) is 0 Å². The molecule has 0 atom stereocenters. The van der Waals surface area contributed by atoms with Crippen LogP contribution in [-0.2, 0) is 22.7 Å². The molecule has 0 aliphatic heterocycles. The van der Waals surface area contributed by atoms with Crippen LogP contribution < -0.4 is 0 Å². The van der Waals surface area contributed by atoms with Crippen LogP contribution in [0.3, 0.4) is 0 Å². The summed E-state index contributed by atoms with van der Waals surface area (Å²) in [7, 11) is -3.23. The third kappa shape index (κ3) is 3.60. The molecule has 0 N–H and O–H groups in total. The highest BCUT2D eigenvalue weighted by molar-refractivity contribution is 9.10. The fourth-order valence-corrected chi connectivity index (χ4v) is 3.31. The average molecular weight is 347 g/mol. The van der Waals surface area contributed by atoms with E-state index in [0.29, 0.717) is 6.42 Å². The third-order valence-electron chi connectivity index (χ3n) is 2.31. The van der Waals surface area contributed by atoms with Gasteiger partial charge in [-0.1, -0.05) is 39.4 Å². The van der Waals surface area contributed by atoms with Crippen LogP contribution in [0.2, 0.25) is 0 Å². The van der Waals surface area contributed by atoms with Crippen molar-refractivity contribution in [3.8, 4) is 0 Å². The van der Waals surface area contributed by atoms with Gasteiger partial charge in [0.25, 0.3) is 0 Å². The van der Waals surface area contributed by atoms with Gasteiger partial charge in [0.15, 0.2) is 0 Å². The van der Waals surface area contributed by atoms with Crippen LogP contribution in [0.25, 0.3) is 0 Å². The SMILES string of the molecule is CS(=O)(=O)c1nnc(CCc2ccc(Br)cc2)s1. The lowest BCUT2D eigenvalue weighted by Gasteiger charge is -1.98. The summed E-state index contributed by atoms with van der Waals surface area (Å²) in [6.07, 6.45) is 2.67. The molecule has 0 saturated heterocycles. The quantitative estimate of drug-likeness (QED) is 0.853. The van der Waals surface area contributed by atoms with Crippen LogP contribution in [-0.4, -0.2) is 24.9 Å². The predicted molar refractivity (Wildman–Crippen MR) is 74.6 cm³/mol. The molecule has 0 aliphatic carbocycles. The third-order valence-corrected chi connectivity index (χ3v) is 5.49. The summed E-state index contributed by atoms with van der Waals surface area (Å²) in [6.45, 7) is 0. The van der Waals surface area contributed by atoms with E-state index in [4.69, 9.17) is 0 Å². The Morgan fingerprint density at radius 3 is 2.39 bits per heavy atom. The summed E-state index contributed by atoms with van der Waals surface area (Å²) in [5.74, 6) is 0. The maximum absolute atomic E-state index is 11.3. The standard InChI is InChI=1S/C11H11BrN2O2S2/c1-18(15,16)11-14-13-10(17-11)7-4-8-2-5-9(12)6-3-8/h2-3,5-6H,4,7H2,1H3. The van der Waals surface area contributed by atoms with Crippen LogP contribution in [0.15, 0.2) is 33.1 Å². The summed E-state index contributed by atoms with van der Waals surface area (Å²) >= 11 is 4.52. The zero-order valence-corrected chi connectivity index (χ0v) is 12.8. The van der Waals surface area contributed by atoms with Gasteiger partial charge < -0.3 is 0 Å². The fourth-order valence-electron chi connectivity index (χ4n) is 1.39. The molecule has 0 bridgehead atoms. The van der Waals surface area contributed by atoms with Gasteiger partial charge in [-0.05, 0) is 24.1 Å². The molecule has 96 valence electrons. The maximum atomic E-state index is 11.3. The second-order valence-electron chi connectivity index (χ2n) is 3.86. The van der Waals surface area contributed by atoms with Crippen LogP contribution in [0.4, 0.5) is 0 Å². The van der Waals surface area contributed by atoms with Crippen molar-refractivity contribution in [1.29, 1.82) is 0 Å². The molecule has 0 aliphatic rings. The normalized spacial score (nSPS) is 11.7. The van der Waals surface area contributed by atoms with Crippen molar-refractivity contribution < 1.29 is 8.42 Å². The Labute approximate surface area is 118 Å². The number of benzene rings is 1. The van der Waals surface area contributed by atoms with E-state index < -0.39 is 9.84 Å². The van der Waals surface area contributed by atoms with Crippen molar-refractivity contribution in [1.82, 2.24) is 10.2 Å². The lowest BCUT2D eigenvalue weighted by Crippen LogP contribution is -1.95. The average Bonchev–Trinajstić information content (AvgIpc) is 2.77. The van der Waals surface area contributed by atoms with Gasteiger partial charge in [0.1, 0.15) is 5.01 Å². The van der Waals surface area contributed by atoms with Crippen molar-refractivity contribution in [2.75, 3.05) is 6.26 Å². The minimum absolute atomic E-state index is 0.0910. The monoisotopic (exact) mass is 346 g/mol. The first-order valence-corrected chi connectivity index (χ1v) is 8.72. The Hall–Kier alpha value is -0.790. The molecule has 0 amide bonds. The van der Waals surface area contributed by atoms with Gasteiger partial charge in [0.2, 0.25) is 14.2 Å². The lowest BCUT2D eigenvalue weighted by atomic mass is 10.1. The second kappa shape index (κ2) is 5.46. The smallest absolute Gasteiger partial charge is 0.221 e. The first-order chi connectivity index (χ1) is 8.45. The first kappa shape index (κ1) is 13.6. The molecule has 2 aromatic rings. The molecule has 0 fully saturated rings. The van der Waals surface area contributed by atoms with E-state index in [1.165, 1.54) is 5.56 Å². The number of aryl methyl sites for hydroxylation is 2. The molecule has 1 aromatic heterocycles. The lowest BCUT2D eigenvalue weighted by molar-refractivity contribution is 0.600. The first-order valence-electron chi connectivity index (χ1n) is 5.22. The van der Waals surface area contributed by atoms with Gasteiger partial charge in [0.05, 0.1) is 0 Å². The zero-order valence-electron chi connectivity index (χ0n) is 9.63. The number of hydrogen-bond acceptors (Lipinski definition) is 5. The van der Waals surface area contributed by atoms with Crippen molar-refractivity contribution in [2.24, 2.45) is 0 Å². The van der Waals surface area contributed by atoms with E-state index in [9.17, 15) is 8.42 Å². The number of nitrogens with zero attached hydrogens (tertiary/aromatic N) is 2. The Bertz CT molecular complexity index is 635. The number of aromatic nitrogens is 2. The Balaban J connectivity index is 2.03. The molecule has 2 rings (SSSR count). The summed E-state index contributed by atoms with van der Waals surface area (Å²) in [5, 5.41) is 8.33. The summed E-state index contributed by atoms with van der Waals surface area (Å²) < 4.78 is 23.7. The van der Waals surface area contributed by atoms with Gasteiger partial charge in [-0.25, -0.2) is 8.42 Å². The number of hydrogen-bond donors (Lipinski definition) is 0. The highest BCUT2D eigenvalue weighted by atomic mass is 79.9. The van der Waals surface area contributed by atoms with Crippen LogP contribution in [0.5, 0.6) is 0 Å². The van der Waals surface area contributed by atoms with E-state index in [1.807, 2.05) is 24.3 Å². The zero-order chi connectivity index (χ0) is 13.2. The van der Waals surface area contributed by atoms with Crippen molar-refractivity contribution >= 4 is 37.1 Å². The van der Waals surface area contributed by atoms with Crippen molar-refractivity contribution in [3.05, 3.63) is 39.3 Å². The molecule has 0 radical (unpaired) electrons. The molecule has 7 heteroatoms. The minimum Gasteiger partial charge on any atom is -0.221 e. The topological polar surface area (TPSA) is 59.9 Å². The van der Waals surface area contributed by atoms with E-state index in [0.717, 1.165) is 33.5 Å². The second-order valence-corrected chi connectivity index (χ2v) is 8.03. The van der Waals surface area contributed by atoms with Gasteiger partial charge in [0, 0.05) is 17.1 Å². The molecular weight excluding hydrogens is 336 g/mol. The highest BCUT2D eigenvalue weighted by Crippen LogP contribution is 2.18. The molecule has 0 unspecified atom stereocenters. The summed E-state index contributed by atoms with van der Waals surface area (Å²) in [5.41, 5.74) is 1.19. The molecule has 0 spiro atoms. The molecule has 4 nitrogen and oxygen atoms in total. The number of halogens is 1. The molecular formula is C11H11BrN2O2S2. The predicted octanol–water partition coefficient (Wildman–Crippen LogP) is 2.49. The fraction of sp³-hybridized carbons (Fsp3) is 0.273. The van der Waals surface area contributed by atoms with E-state index in [1.54, 1.807) is 0 Å².